The van der Waals surface area contributed by atoms with E-state index in [0.29, 0.717) is 11.5 Å². The van der Waals surface area contributed by atoms with Crippen LogP contribution in [0.4, 0.5) is 11.5 Å². The summed E-state index contributed by atoms with van der Waals surface area (Å²) in [5.41, 5.74) is 0.0963. The quantitative estimate of drug-likeness (QED) is 0.637. The molecular formula is C13H15N5O3. The summed E-state index contributed by atoms with van der Waals surface area (Å²) < 4.78 is 1.24. The average Bonchev–Trinajstić information content (AvgIpc) is 2.48. The fourth-order valence-corrected chi connectivity index (χ4v) is 1.71. The maximum atomic E-state index is 11.7. The average molecular weight is 289 g/mol. The van der Waals surface area contributed by atoms with Gasteiger partial charge in [-0.3, -0.25) is 19.9 Å². The topological polar surface area (TPSA) is 103 Å². The lowest BCUT2D eigenvalue weighted by Crippen LogP contribution is -2.20. The minimum Gasteiger partial charge on any atom is -0.369 e. The second-order valence-corrected chi connectivity index (χ2v) is 4.43. The van der Waals surface area contributed by atoms with Crippen molar-refractivity contribution in [2.24, 2.45) is 0 Å². The Kier molecular flexibility index (Phi) is 4.60. The molecule has 0 radical (unpaired) electrons. The van der Waals surface area contributed by atoms with E-state index in [2.05, 4.69) is 15.3 Å². The minimum absolute atomic E-state index is 0.135. The molecule has 0 saturated heterocycles. The van der Waals surface area contributed by atoms with Crippen LogP contribution in [0.5, 0.6) is 0 Å². The first-order chi connectivity index (χ1) is 10.1. The molecule has 0 aliphatic carbocycles. The van der Waals surface area contributed by atoms with E-state index in [0.717, 1.165) is 13.0 Å². The van der Waals surface area contributed by atoms with Crippen LogP contribution in [0.3, 0.4) is 0 Å². The molecule has 0 saturated carbocycles. The first kappa shape index (κ1) is 14.6. The van der Waals surface area contributed by atoms with Crippen molar-refractivity contribution in [1.82, 2.24) is 14.5 Å². The van der Waals surface area contributed by atoms with Crippen LogP contribution < -0.4 is 10.9 Å². The molecule has 2 aromatic heterocycles. The van der Waals surface area contributed by atoms with Gasteiger partial charge in [0, 0.05) is 18.7 Å². The zero-order valence-electron chi connectivity index (χ0n) is 11.5. The van der Waals surface area contributed by atoms with E-state index in [-0.39, 0.29) is 17.8 Å². The second-order valence-electron chi connectivity index (χ2n) is 4.43. The summed E-state index contributed by atoms with van der Waals surface area (Å²) in [7, 11) is 0. The molecule has 0 atom stereocenters. The number of hydrogen-bond donors (Lipinski definition) is 1. The van der Waals surface area contributed by atoms with Gasteiger partial charge in [0.1, 0.15) is 5.82 Å². The fraction of sp³-hybridized carbons (Fsp3) is 0.308. The zero-order chi connectivity index (χ0) is 15.2. The molecule has 21 heavy (non-hydrogen) atoms. The van der Waals surface area contributed by atoms with Gasteiger partial charge in [0.05, 0.1) is 35.8 Å². The Labute approximate surface area is 120 Å². The van der Waals surface area contributed by atoms with Gasteiger partial charge in [0.2, 0.25) is 0 Å². The first-order valence-electron chi connectivity index (χ1n) is 6.50. The molecule has 0 aliphatic heterocycles. The van der Waals surface area contributed by atoms with Crippen LogP contribution in [0.25, 0.3) is 0 Å². The third-order valence-corrected chi connectivity index (χ3v) is 2.77. The number of nitrogens with zero attached hydrogens (tertiary/aromatic N) is 4. The molecule has 0 fully saturated rings. The monoisotopic (exact) mass is 289 g/mol. The highest BCUT2D eigenvalue weighted by molar-refractivity contribution is 5.31. The van der Waals surface area contributed by atoms with Gasteiger partial charge in [-0.1, -0.05) is 6.92 Å². The summed E-state index contributed by atoms with van der Waals surface area (Å²) in [6.07, 6.45) is 5.30. The van der Waals surface area contributed by atoms with Crippen LogP contribution in [-0.2, 0) is 6.54 Å². The predicted molar refractivity (Wildman–Crippen MR) is 77.3 cm³/mol. The van der Waals surface area contributed by atoms with Gasteiger partial charge in [-0.25, -0.2) is 4.98 Å². The summed E-state index contributed by atoms with van der Waals surface area (Å²) in [5.74, 6) is 0.659. The lowest BCUT2D eigenvalue weighted by molar-refractivity contribution is -0.385. The largest absolute Gasteiger partial charge is 0.369 e. The zero-order valence-corrected chi connectivity index (χ0v) is 11.5. The van der Waals surface area contributed by atoms with Gasteiger partial charge in [-0.15, -0.1) is 0 Å². The van der Waals surface area contributed by atoms with Crippen LogP contribution >= 0.6 is 0 Å². The van der Waals surface area contributed by atoms with Crippen LogP contribution in [0.15, 0.2) is 35.5 Å². The predicted octanol–water partition coefficient (Wildman–Crippen LogP) is 1.42. The molecule has 0 aromatic carbocycles. The normalized spacial score (nSPS) is 10.3. The van der Waals surface area contributed by atoms with Crippen molar-refractivity contribution in [1.29, 1.82) is 0 Å². The molecule has 8 heteroatoms. The smallest absolute Gasteiger partial charge is 0.285 e. The molecule has 110 valence electrons. The fourth-order valence-electron chi connectivity index (χ4n) is 1.71. The van der Waals surface area contributed by atoms with E-state index in [1.807, 2.05) is 6.92 Å². The van der Waals surface area contributed by atoms with E-state index in [9.17, 15) is 14.9 Å². The number of anilines is 1. The van der Waals surface area contributed by atoms with Crippen molar-refractivity contribution in [3.63, 3.8) is 0 Å². The minimum atomic E-state index is -0.542. The van der Waals surface area contributed by atoms with Crippen molar-refractivity contribution in [2.75, 3.05) is 11.9 Å². The summed E-state index contributed by atoms with van der Waals surface area (Å²) in [6.45, 7) is 2.99. The lowest BCUT2D eigenvalue weighted by atomic mass is 10.3. The van der Waals surface area contributed by atoms with Gasteiger partial charge in [-0.2, -0.15) is 0 Å². The molecule has 0 spiro atoms. The van der Waals surface area contributed by atoms with Crippen molar-refractivity contribution in [2.45, 2.75) is 19.9 Å². The highest BCUT2D eigenvalue weighted by atomic mass is 16.6. The molecular weight excluding hydrogens is 274 g/mol. The number of rotatable bonds is 6. The van der Waals surface area contributed by atoms with E-state index in [1.165, 1.54) is 22.9 Å². The molecule has 2 heterocycles. The van der Waals surface area contributed by atoms with Gasteiger partial charge < -0.3 is 9.88 Å². The maximum absolute atomic E-state index is 11.7. The van der Waals surface area contributed by atoms with Crippen LogP contribution in [-0.4, -0.2) is 26.0 Å². The van der Waals surface area contributed by atoms with Gasteiger partial charge in [-0.05, 0) is 6.42 Å². The molecule has 1 N–H and O–H groups in total. The standard InChI is InChI=1S/C13H15N5O3/c1-2-5-14-12-7-15-10(6-16-12)8-17-9-11(18(20)21)3-4-13(17)19/h3-4,6-7,9H,2,5,8H2,1H3,(H,14,16). The number of nitrogens with one attached hydrogen (secondary N) is 1. The Morgan fingerprint density at radius 1 is 1.33 bits per heavy atom. The summed E-state index contributed by atoms with van der Waals surface area (Å²) >= 11 is 0. The van der Waals surface area contributed by atoms with Crippen LogP contribution in [0.2, 0.25) is 0 Å². The van der Waals surface area contributed by atoms with Gasteiger partial charge in [0.25, 0.3) is 11.2 Å². The van der Waals surface area contributed by atoms with Crippen LogP contribution in [0.1, 0.15) is 19.0 Å². The van der Waals surface area contributed by atoms with E-state index < -0.39 is 4.92 Å². The second kappa shape index (κ2) is 6.60. The molecule has 0 aliphatic rings. The highest BCUT2D eigenvalue weighted by Gasteiger charge is 2.08. The summed E-state index contributed by atoms with van der Waals surface area (Å²) in [6, 6.07) is 2.35. The summed E-state index contributed by atoms with van der Waals surface area (Å²) in [4.78, 5) is 30.2. The lowest BCUT2D eigenvalue weighted by Gasteiger charge is -2.06. The van der Waals surface area contributed by atoms with Gasteiger partial charge >= 0.3 is 0 Å². The third-order valence-electron chi connectivity index (χ3n) is 2.77. The van der Waals surface area contributed by atoms with Crippen LogP contribution in [0, 0.1) is 10.1 Å². The Bertz CT molecular complexity index is 681. The summed E-state index contributed by atoms with van der Waals surface area (Å²) in [5, 5.41) is 13.8. The Balaban J connectivity index is 2.16. The molecule has 2 rings (SSSR count). The molecule has 8 nitrogen and oxygen atoms in total. The van der Waals surface area contributed by atoms with E-state index in [1.54, 1.807) is 12.4 Å². The van der Waals surface area contributed by atoms with Crippen molar-refractivity contribution >= 4 is 11.5 Å². The van der Waals surface area contributed by atoms with Crippen molar-refractivity contribution < 1.29 is 4.92 Å². The molecule has 0 bridgehead atoms. The highest BCUT2D eigenvalue weighted by Crippen LogP contribution is 2.08. The van der Waals surface area contributed by atoms with E-state index in [4.69, 9.17) is 0 Å². The number of nitro groups is 1. The van der Waals surface area contributed by atoms with Crippen molar-refractivity contribution in [3.8, 4) is 0 Å². The Morgan fingerprint density at radius 3 is 2.76 bits per heavy atom. The molecule has 2 aromatic rings. The van der Waals surface area contributed by atoms with Gasteiger partial charge in [0.15, 0.2) is 0 Å². The Morgan fingerprint density at radius 2 is 2.14 bits per heavy atom. The number of pyridine rings is 1. The number of hydrogen-bond acceptors (Lipinski definition) is 6. The molecule has 0 amide bonds. The van der Waals surface area contributed by atoms with E-state index >= 15 is 0 Å². The maximum Gasteiger partial charge on any atom is 0.285 e. The Hall–Kier alpha value is -2.77. The SMILES string of the molecule is CCCNc1cnc(Cn2cc([N+](=O)[O-])ccc2=O)cn1. The number of aromatic nitrogens is 3. The first-order valence-corrected chi connectivity index (χ1v) is 6.50. The molecule has 0 unspecified atom stereocenters. The van der Waals surface area contributed by atoms with Crippen molar-refractivity contribution in [3.05, 3.63) is 56.9 Å². The third kappa shape index (κ3) is 3.85.